The van der Waals surface area contributed by atoms with Crippen molar-refractivity contribution in [3.05, 3.63) is 36.2 Å². The lowest BCUT2D eigenvalue weighted by Crippen LogP contribution is -2.03. The molecule has 0 aliphatic rings. The summed E-state index contributed by atoms with van der Waals surface area (Å²) >= 11 is 0. The van der Waals surface area contributed by atoms with Crippen LogP contribution in [0.4, 0.5) is 11.8 Å². The van der Waals surface area contributed by atoms with Crippen molar-refractivity contribution in [1.82, 2.24) is 19.5 Å². The zero-order valence-electron chi connectivity index (χ0n) is 10.1. The molecule has 0 saturated carbocycles. The Morgan fingerprint density at radius 2 is 2.00 bits per heavy atom. The first-order valence-electron chi connectivity index (χ1n) is 5.74. The van der Waals surface area contributed by atoms with Gasteiger partial charge in [-0.15, -0.1) is 0 Å². The van der Waals surface area contributed by atoms with E-state index in [9.17, 15) is 0 Å². The minimum absolute atomic E-state index is 0.127. The molecule has 7 heteroatoms. The van der Waals surface area contributed by atoms with Gasteiger partial charge >= 0.3 is 0 Å². The third kappa shape index (κ3) is 1.85. The van der Waals surface area contributed by atoms with Crippen LogP contribution in [0.1, 0.15) is 5.56 Å². The lowest BCUT2D eigenvalue weighted by Gasteiger charge is -2.06. The Kier molecular flexibility index (Phi) is 2.53. The Morgan fingerprint density at radius 1 is 1.16 bits per heavy atom. The topological polar surface area (TPSA) is 122 Å². The van der Waals surface area contributed by atoms with Crippen LogP contribution in [0.25, 0.3) is 16.9 Å². The number of nitrogen functional groups attached to an aromatic ring is 2. The zero-order valence-corrected chi connectivity index (χ0v) is 10.1. The summed E-state index contributed by atoms with van der Waals surface area (Å²) < 4.78 is 1.81. The molecule has 0 spiro atoms. The predicted molar refractivity (Wildman–Crippen MR) is 73.4 cm³/mol. The van der Waals surface area contributed by atoms with Crippen molar-refractivity contribution in [1.29, 1.82) is 0 Å². The van der Waals surface area contributed by atoms with Crippen molar-refractivity contribution in [2.75, 3.05) is 11.5 Å². The van der Waals surface area contributed by atoms with Crippen molar-refractivity contribution in [2.24, 2.45) is 5.73 Å². The standard InChI is InChI=1S/C12H13N7/c13-5-7-2-1-3-8(4-7)19-6-16-9-10(14)17-12(15)18-11(9)19/h1-4,6H,5,13H2,(H4,14,15,17,18). The molecule has 96 valence electrons. The normalized spacial score (nSPS) is 11.0. The Hall–Kier alpha value is -2.67. The fraction of sp³-hybridized carbons (Fsp3) is 0.0833. The number of aromatic nitrogens is 4. The number of rotatable bonds is 2. The van der Waals surface area contributed by atoms with Crippen LogP contribution in [0.5, 0.6) is 0 Å². The Morgan fingerprint density at radius 3 is 2.79 bits per heavy atom. The first-order chi connectivity index (χ1) is 9.19. The average Bonchev–Trinajstić information content (AvgIpc) is 2.82. The SMILES string of the molecule is NCc1cccc(-n2cnc3c(N)nc(N)nc32)c1. The highest BCUT2D eigenvalue weighted by molar-refractivity contribution is 5.83. The number of nitrogens with two attached hydrogens (primary N) is 3. The molecule has 0 aliphatic heterocycles. The largest absolute Gasteiger partial charge is 0.382 e. The van der Waals surface area contributed by atoms with Crippen LogP contribution in [-0.2, 0) is 6.54 Å². The van der Waals surface area contributed by atoms with E-state index in [-0.39, 0.29) is 11.8 Å². The molecule has 0 unspecified atom stereocenters. The molecule has 6 N–H and O–H groups in total. The molecule has 19 heavy (non-hydrogen) atoms. The second kappa shape index (κ2) is 4.21. The molecule has 0 saturated heterocycles. The highest BCUT2D eigenvalue weighted by Crippen LogP contribution is 2.21. The van der Waals surface area contributed by atoms with Gasteiger partial charge in [0.1, 0.15) is 6.33 Å². The molecule has 3 aromatic rings. The molecule has 0 amide bonds. The van der Waals surface area contributed by atoms with E-state index in [4.69, 9.17) is 17.2 Å². The summed E-state index contributed by atoms with van der Waals surface area (Å²) in [6, 6.07) is 7.79. The van der Waals surface area contributed by atoms with Crippen molar-refractivity contribution in [3.8, 4) is 5.69 Å². The number of anilines is 2. The summed E-state index contributed by atoms with van der Waals surface area (Å²) in [4.78, 5) is 12.3. The zero-order chi connectivity index (χ0) is 13.4. The number of imidazole rings is 1. The number of fused-ring (bicyclic) bond motifs is 1. The first kappa shape index (κ1) is 11.4. The molecule has 0 bridgehead atoms. The molecular weight excluding hydrogens is 242 g/mol. The number of benzene rings is 1. The van der Waals surface area contributed by atoms with Crippen molar-refractivity contribution in [3.63, 3.8) is 0 Å². The molecule has 2 aromatic heterocycles. The predicted octanol–water partition coefficient (Wildman–Crippen LogP) is 0.439. The van der Waals surface area contributed by atoms with Crippen LogP contribution < -0.4 is 17.2 Å². The molecular formula is C12H13N7. The highest BCUT2D eigenvalue weighted by atomic mass is 15.2. The minimum atomic E-state index is 0.127. The summed E-state index contributed by atoms with van der Waals surface area (Å²) in [7, 11) is 0. The third-order valence-electron chi connectivity index (χ3n) is 2.86. The maximum Gasteiger partial charge on any atom is 0.224 e. The molecule has 3 rings (SSSR count). The summed E-state index contributed by atoms with van der Waals surface area (Å²) in [5.74, 6) is 0.401. The van der Waals surface area contributed by atoms with E-state index in [1.165, 1.54) is 0 Å². The molecule has 7 nitrogen and oxygen atoms in total. The Balaban J connectivity index is 2.25. The molecule has 2 heterocycles. The molecule has 0 fully saturated rings. The summed E-state index contributed by atoms with van der Waals surface area (Å²) in [5, 5.41) is 0. The van der Waals surface area contributed by atoms with Crippen LogP contribution in [0.3, 0.4) is 0 Å². The van der Waals surface area contributed by atoms with Crippen molar-refractivity contribution >= 4 is 22.9 Å². The fourth-order valence-electron chi connectivity index (χ4n) is 1.96. The van der Waals surface area contributed by atoms with Crippen LogP contribution in [-0.4, -0.2) is 19.5 Å². The van der Waals surface area contributed by atoms with E-state index in [1.807, 2.05) is 28.8 Å². The van der Waals surface area contributed by atoms with E-state index >= 15 is 0 Å². The van der Waals surface area contributed by atoms with E-state index in [0.717, 1.165) is 11.3 Å². The number of hydrogen-bond donors (Lipinski definition) is 3. The van der Waals surface area contributed by atoms with Gasteiger partial charge in [-0.25, -0.2) is 4.98 Å². The Bertz CT molecular complexity index is 747. The van der Waals surface area contributed by atoms with Gasteiger partial charge in [0.15, 0.2) is 17.0 Å². The smallest absolute Gasteiger partial charge is 0.224 e. The van der Waals surface area contributed by atoms with Crippen LogP contribution in [0, 0.1) is 0 Å². The van der Waals surface area contributed by atoms with Gasteiger partial charge < -0.3 is 17.2 Å². The highest BCUT2D eigenvalue weighted by Gasteiger charge is 2.11. The maximum atomic E-state index is 5.78. The second-order valence-electron chi connectivity index (χ2n) is 4.13. The molecule has 0 radical (unpaired) electrons. The molecule has 1 aromatic carbocycles. The van der Waals surface area contributed by atoms with Crippen molar-refractivity contribution in [2.45, 2.75) is 6.54 Å². The van der Waals surface area contributed by atoms with Crippen LogP contribution in [0.15, 0.2) is 30.6 Å². The quantitative estimate of drug-likeness (QED) is 0.610. The average molecular weight is 255 g/mol. The summed E-state index contributed by atoms with van der Waals surface area (Å²) in [6.45, 7) is 0.472. The van der Waals surface area contributed by atoms with E-state index < -0.39 is 0 Å². The van der Waals surface area contributed by atoms with Gasteiger partial charge in [-0.2, -0.15) is 9.97 Å². The molecule has 0 atom stereocenters. The summed E-state index contributed by atoms with van der Waals surface area (Å²) in [6.07, 6.45) is 1.64. The van der Waals surface area contributed by atoms with E-state index in [1.54, 1.807) is 6.33 Å². The van der Waals surface area contributed by atoms with Gasteiger partial charge in [0.25, 0.3) is 0 Å². The van der Waals surface area contributed by atoms with Crippen LogP contribution >= 0.6 is 0 Å². The second-order valence-corrected chi connectivity index (χ2v) is 4.13. The van der Waals surface area contributed by atoms with Crippen LogP contribution in [0.2, 0.25) is 0 Å². The summed E-state index contributed by atoms with van der Waals surface area (Å²) in [5.41, 5.74) is 20.1. The van der Waals surface area contributed by atoms with Gasteiger partial charge in [-0.1, -0.05) is 12.1 Å². The fourth-order valence-corrected chi connectivity index (χ4v) is 1.96. The van der Waals surface area contributed by atoms with Gasteiger partial charge in [0.05, 0.1) is 0 Å². The van der Waals surface area contributed by atoms with E-state index in [2.05, 4.69) is 15.0 Å². The Labute approximate surface area is 109 Å². The van der Waals surface area contributed by atoms with Gasteiger partial charge in [0, 0.05) is 12.2 Å². The maximum absolute atomic E-state index is 5.78. The first-order valence-corrected chi connectivity index (χ1v) is 5.74. The van der Waals surface area contributed by atoms with E-state index in [0.29, 0.717) is 17.7 Å². The van der Waals surface area contributed by atoms with Gasteiger partial charge in [-0.05, 0) is 17.7 Å². The number of hydrogen-bond acceptors (Lipinski definition) is 6. The number of nitrogens with zero attached hydrogens (tertiary/aromatic N) is 4. The van der Waals surface area contributed by atoms with Gasteiger partial charge in [-0.3, -0.25) is 4.57 Å². The lowest BCUT2D eigenvalue weighted by atomic mass is 10.2. The third-order valence-corrected chi connectivity index (χ3v) is 2.86. The van der Waals surface area contributed by atoms with Gasteiger partial charge in [0.2, 0.25) is 5.95 Å². The minimum Gasteiger partial charge on any atom is -0.382 e. The molecule has 0 aliphatic carbocycles. The lowest BCUT2D eigenvalue weighted by molar-refractivity contribution is 1.03. The monoisotopic (exact) mass is 255 g/mol. The van der Waals surface area contributed by atoms with Crippen molar-refractivity contribution < 1.29 is 0 Å².